The van der Waals surface area contributed by atoms with E-state index in [1.807, 2.05) is 55.5 Å². The fourth-order valence-electron chi connectivity index (χ4n) is 4.14. The molecule has 194 valence electrons. The van der Waals surface area contributed by atoms with E-state index in [0.717, 1.165) is 5.56 Å². The first-order valence-corrected chi connectivity index (χ1v) is 12.8. The number of rotatable bonds is 8. The van der Waals surface area contributed by atoms with Gasteiger partial charge in [-0.25, -0.2) is 4.99 Å². The summed E-state index contributed by atoms with van der Waals surface area (Å²) in [6, 6.07) is 21.9. The standard InChI is InChI=1S/C29H28N4O4S/c1-18-25(28(34)32-22-12-6-5-7-13-22)26(21-14-23(35-2)27(37-4)24(15-21)36-3)33-29(31-18)38-17-20-11-9-8-10-19(20)16-30/h5-15,26H,17H2,1-4H3,(H,31,33)(H,32,34)/t26-/m0/s1. The molecule has 0 aliphatic carbocycles. The number of amidine groups is 1. The van der Waals surface area contributed by atoms with Crippen LogP contribution in [0, 0.1) is 11.3 Å². The van der Waals surface area contributed by atoms with Crippen LogP contribution in [0.15, 0.2) is 83.0 Å². The molecule has 1 aliphatic heterocycles. The number of amides is 1. The van der Waals surface area contributed by atoms with Crippen molar-refractivity contribution in [3.05, 3.63) is 94.7 Å². The molecule has 3 aromatic rings. The summed E-state index contributed by atoms with van der Waals surface area (Å²) in [5.41, 5.74) is 4.04. The van der Waals surface area contributed by atoms with Crippen molar-refractivity contribution in [2.24, 2.45) is 4.99 Å². The fourth-order valence-corrected chi connectivity index (χ4v) is 5.09. The Morgan fingerprint density at radius 1 is 1.03 bits per heavy atom. The molecule has 0 radical (unpaired) electrons. The number of aliphatic imine (C=N–C) groups is 1. The van der Waals surface area contributed by atoms with Gasteiger partial charge in [-0.3, -0.25) is 4.79 Å². The van der Waals surface area contributed by atoms with Crippen LogP contribution < -0.4 is 24.8 Å². The molecule has 9 heteroatoms. The molecule has 0 bridgehead atoms. The molecule has 3 aromatic carbocycles. The summed E-state index contributed by atoms with van der Waals surface area (Å²) in [4.78, 5) is 18.5. The van der Waals surface area contributed by atoms with E-state index in [2.05, 4.69) is 16.7 Å². The van der Waals surface area contributed by atoms with Crippen molar-refractivity contribution in [2.45, 2.75) is 18.7 Å². The maximum atomic E-state index is 13.6. The lowest BCUT2D eigenvalue weighted by Gasteiger charge is -2.27. The maximum absolute atomic E-state index is 13.6. The molecule has 0 saturated heterocycles. The van der Waals surface area contributed by atoms with Gasteiger partial charge in [0.05, 0.1) is 38.5 Å². The molecule has 4 rings (SSSR count). The van der Waals surface area contributed by atoms with Gasteiger partial charge >= 0.3 is 0 Å². The number of ether oxygens (including phenoxy) is 3. The van der Waals surface area contributed by atoms with Gasteiger partial charge in [0.1, 0.15) is 6.04 Å². The number of nitriles is 1. The molecule has 38 heavy (non-hydrogen) atoms. The lowest BCUT2D eigenvalue weighted by atomic mass is 9.95. The third kappa shape index (κ3) is 5.76. The van der Waals surface area contributed by atoms with Crippen LogP contribution >= 0.6 is 11.8 Å². The molecule has 2 N–H and O–H groups in total. The predicted molar refractivity (Wildman–Crippen MR) is 150 cm³/mol. The van der Waals surface area contributed by atoms with E-state index < -0.39 is 6.04 Å². The Hall–Kier alpha value is -4.42. The number of hydrogen-bond donors (Lipinski definition) is 2. The van der Waals surface area contributed by atoms with Crippen molar-refractivity contribution in [1.29, 1.82) is 5.26 Å². The second-order valence-electron chi connectivity index (χ2n) is 8.34. The number of thioether (sulfide) groups is 1. The minimum Gasteiger partial charge on any atom is -0.493 e. The number of allylic oxidation sites excluding steroid dienone is 1. The van der Waals surface area contributed by atoms with Crippen molar-refractivity contribution < 1.29 is 19.0 Å². The van der Waals surface area contributed by atoms with Crippen molar-refractivity contribution in [3.63, 3.8) is 0 Å². The van der Waals surface area contributed by atoms with Gasteiger partial charge in [0.2, 0.25) is 5.75 Å². The van der Waals surface area contributed by atoms with Gasteiger partial charge in [0.15, 0.2) is 16.7 Å². The summed E-state index contributed by atoms with van der Waals surface area (Å²) in [6.45, 7) is 1.85. The van der Waals surface area contributed by atoms with Crippen molar-refractivity contribution in [2.75, 3.05) is 26.6 Å². The monoisotopic (exact) mass is 528 g/mol. The van der Waals surface area contributed by atoms with Crippen molar-refractivity contribution >= 4 is 28.5 Å². The molecule has 0 fully saturated rings. The highest BCUT2D eigenvalue weighted by Gasteiger charge is 2.31. The summed E-state index contributed by atoms with van der Waals surface area (Å²) in [5.74, 6) is 1.65. The highest BCUT2D eigenvalue weighted by Crippen LogP contribution is 2.43. The van der Waals surface area contributed by atoms with E-state index in [0.29, 0.717) is 56.3 Å². The topological polar surface area (TPSA) is 105 Å². The third-order valence-electron chi connectivity index (χ3n) is 6.00. The van der Waals surface area contributed by atoms with Crippen LogP contribution in [0.25, 0.3) is 0 Å². The van der Waals surface area contributed by atoms with Gasteiger partial charge in [0, 0.05) is 17.1 Å². The second kappa shape index (κ2) is 12.2. The molecule has 0 unspecified atom stereocenters. The van der Waals surface area contributed by atoms with Gasteiger partial charge in [-0.2, -0.15) is 5.26 Å². The molecule has 0 spiro atoms. The number of carbonyl (C=O) groups is 1. The molecular weight excluding hydrogens is 500 g/mol. The smallest absolute Gasteiger partial charge is 0.255 e. The molecular formula is C29H28N4O4S. The first-order chi connectivity index (χ1) is 18.5. The van der Waals surface area contributed by atoms with Crippen LogP contribution in [-0.2, 0) is 10.5 Å². The number of methoxy groups -OCH3 is 3. The molecule has 1 atom stereocenters. The van der Waals surface area contributed by atoms with Crippen LogP contribution in [0.2, 0.25) is 0 Å². The Labute approximate surface area is 226 Å². The zero-order chi connectivity index (χ0) is 27.1. The number of nitrogens with one attached hydrogen (secondary N) is 2. The SMILES string of the molecule is COc1cc([C@@H]2N=C(SCc3ccccc3C#N)NC(C)=C2C(=O)Nc2ccccc2)cc(OC)c1OC. The summed E-state index contributed by atoms with van der Waals surface area (Å²) in [7, 11) is 4.63. The number of benzene rings is 3. The van der Waals surface area contributed by atoms with Gasteiger partial charge in [-0.1, -0.05) is 48.2 Å². The van der Waals surface area contributed by atoms with E-state index in [9.17, 15) is 10.1 Å². The predicted octanol–water partition coefficient (Wildman–Crippen LogP) is 5.43. The first-order valence-electron chi connectivity index (χ1n) is 11.8. The Bertz CT molecular complexity index is 1400. The maximum Gasteiger partial charge on any atom is 0.255 e. The normalized spacial score (nSPS) is 14.6. The van der Waals surface area contributed by atoms with Crippen molar-refractivity contribution in [1.82, 2.24) is 5.32 Å². The van der Waals surface area contributed by atoms with E-state index >= 15 is 0 Å². The molecule has 1 heterocycles. The van der Waals surface area contributed by atoms with Crippen LogP contribution in [0.1, 0.15) is 29.7 Å². The zero-order valence-electron chi connectivity index (χ0n) is 21.6. The summed E-state index contributed by atoms with van der Waals surface area (Å²) < 4.78 is 16.6. The molecule has 1 aliphatic rings. The van der Waals surface area contributed by atoms with E-state index in [1.165, 1.54) is 11.8 Å². The Balaban J connectivity index is 1.74. The van der Waals surface area contributed by atoms with Crippen LogP contribution in [0.4, 0.5) is 5.69 Å². The lowest BCUT2D eigenvalue weighted by Crippen LogP contribution is -2.32. The Kier molecular flexibility index (Phi) is 8.56. The third-order valence-corrected chi connectivity index (χ3v) is 6.94. The minimum atomic E-state index is -0.651. The van der Waals surface area contributed by atoms with Gasteiger partial charge in [-0.15, -0.1) is 0 Å². The van der Waals surface area contributed by atoms with Crippen LogP contribution in [0.5, 0.6) is 17.2 Å². The fraction of sp³-hybridized carbons (Fsp3) is 0.207. The first kappa shape index (κ1) is 26.6. The highest BCUT2D eigenvalue weighted by molar-refractivity contribution is 8.13. The average molecular weight is 529 g/mol. The number of anilines is 1. The van der Waals surface area contributed by atoms with Gasteiger partial charge in [0.25, 0.3) is 5.91 Å². The molecule has 8 nitrogen and oxygen atoms in total. The van der Waals surface area contributed by atoms with Gasteiger partial charge < -0.3 is 24.8 Å². The number of para-hydroxylation sites is 1. The Morgan fingerprint density at radius 3 is 2.32 bits per heavy atom. The Morgan fingerprint density at radius 2 is 1.68 bits per heavy atom. The number of carbonyl (C=O) groups excluding carboxylic acids is 1. The molecule has 1 amide bonds. The van der Waals surface area contributed by atoms with Crippen LogP contribution in [-0.4, -0.2) is 32.4 Å². The van der Waals surface area contributed by atoms with E-state index in [-0.39, 0.29) is 5.91 Å². The largest absolute Gasteiger partial charge is 0.493 e. The van der Waals surface area contributed by atoms with Gasteiger partial charge in [-0.05, 0) is 48.4 Å². The minimum absolute atomic E-state index is 0.275. The summed E-state index contributed by atoms with van der Waals surface area (Å²) in [5, 5.41) is 16.3. The zero-order valence-corrected chi connectivity index (χ0v) is 22.4. The van der Waals surface area contributed by atoms with E-state index in [1.54, 1.807) is 39.5 Å². The number of nitrogens with zero attached hydrogens (tertiary/aromatic N) is 2. The molecule has 0 saturated carbocycles. The quantitative estimate of drug-likeness (QED) is 0.402. The summed E-state index contributed by atoms with van der Waals surface area (Å²) >= 11 is 1.46. The molecule has 0 aromatic heterocycles. The summed E-state index contributed by atoms with van der Waals surface area (Å²) in [6.07, 6.45) is 0. The second-order valence-corrected chi connectivity index (χ2v) is 9.30. The van der Waals surface area contributed by atoms with Crippen molar-refractivity contribution in [3.8, 4) is 23.3 Å². The van der Waals surface area contributed by atoms with E-state index in [4.69, 9.17) is 19.2 Å². The number of hydrogen-bond acceptors (Lipinski definition) is 8. The lowest BCUT2D eigenvalue weighted by molar-refractivity contribution is -0.113. The highest BCUT2D eigenvalue weighted by atomic mass is 32.2. The van der Waals surface area contributed by atoms with Crippen LogP contribution in [0.3, 0.4) is 0 Å². The average Bonchev–Trinajstić information content (AvgIpc) is 2.95.